The van der Waals surface area contributed by atoms with E-state index in [1.54, 1.807) is 49.0 Å². The molecule has 38 heavy (non-hydrogen) atoms. The van der Waals surface area contributed by atoms with Crippen molar-refractivity contribution in [3.8, 4) is 11.4 Å². The van der Waals surface area contributed by atoms with Crippen LogP contribution in [0.2, 0.25) is 0 Å². The lowest BCUT2D eigenvalue weighted by Gasteiger charge is -2.23. The van der Waals surface area contributed by atoms with Crippen molar-refractivity contribution in [3.05, 3.63) is 103 Å². The summed E-state index contributed by atoms with van der Waals surface area (Å²) in [5.41, 5.74) is 2.39. The van der Waals surface area contributed by atoms with Gasteiger partial charge >= 0.3 is 5.97 Å². The Bertz CT molecular complexity index is 1410. The second kappa shape index (κ2) is 13.0. The van der Waals surface area contributed by atoms with Gasteiger partial charge in [-0.25, -0.2) is 17.9 Å². The van der Waals surface area contributed by atoms with Gasteiger partial charge in [-0.3, -0.25) is 4.98 Å². The van der Waals surface area contributed by atoms with Crippen LogP contribution in [-0.4, -0.2) is 46.2 Å². The van der Waals surface area contributed by atoms with Crippen LogP contribution in [-0.2, 0) is 32.6 Å². The molecule has 0 bridgehead atoms. The van der Waals surface area contributed by atoms with Crippen LogP contribution in [0.5, 0.6) is 5.75 Å². The normalized spacial score (nSPS) is 11.3. The Morgan fingerprint density at radius 1 is 0.974 bits per heavy atom. The fourth-order valence-corrected chi connectivity index (χ4v) is 5.01. The molecule has 0 radical (unpaired) electrons. The molecule has 0 aliphatic carbocycles. The predicted octanol–water partition coefficient (Wildman–Crippen LogP) is 4.62. The molecule has 2 heterocycles. The second-order valence-corrected chi connectivity index (χ2v) is 10.5. The van der Waals surface area contributed by atoms with Gasteiger partial charge in [-0.05, 0) is 67.4 Å². The molecule has 4 rings (SSSR count). The number of esters is 1. The topological polar surface area (TPSA) is 104 Å². The Morgan fingerprint density at radius 2 is 1.74 bits per heavy atom. The maximum absolute atomic E-state index is 13.6. The van der Waals surface area contributed by atoms with Gasteiger partial charge in [0.2, 0.25) is 10.0 Å². The molecule has 10 heteroatoms. The van der Waals surface area contributed by atoms with Gasteiger partial charge in [0, 0.05) is 37.9 Å². The summed E-state index contributed by atoms with van der Waals surface area (Å²) < 4.78 is 40.9. The van der Waals surface area contributed by atoms with E-state index in [1.807, 2.05) is 42.6 Å². The van der Waals surface area contributed by atoms with Gasteiger partial charge in [0.15, 0.2) is 6.61 Å². The minimum absolute atomic E-state index is 0. The van der Waals surface area contributed by atoms with Crippen molar-refractivity contribution < 1.29 is 22.7 Å². The highest BCUT2D eigenvalue weighted by molar-refractivity contribution is 7.89. The monoisotopic (exact) mass is 536 g/mol. The van der Waals surface area contributed by atoms with Crippen LogP contribution in [0.4, 0.5) is 0 Å². The maximum atomic E-state index is 13.6. The molecule has 0 fully saturated rings. The Hall–Kier alpha value is -4.02. The largest absolute Gasteiger partial charge is 0.482 e. The number of rotatable bonds is 11. The third kappa shape index (κ3) is 7.50. The summed E-state index contributed by atoms with van der Waals surface area (Å²) in [5, 5.41) is 4.22. The quantitative estimate of drug-likeness (QED) is 0.258. The summed E-state index contributed by atoms with van der Waals surface area (Å²) in [4.78, 5) is 15.9. The highest BCUT2D eigenvalue weighted by Gasteiger charge is 2.25. The molecule has 200 valence electrons. The molecular formula is C28H32N4O5S. The van der Waals surface area contributed by atoms with Gasteiger partial charge in [-0.1, -0.05) is 31.7 Å². The van der Waals surface area contributed by atoms with Crippen LogP contribution in [0.15, 0.2) is 96.4 Å². The van der Waals surface area contributed by atoms with Crippen molar-refractivity contribution >= 4 is 16.0 Å². The van der Waals surface area contributed by atoms with Crippen molar-refractivity contribution in [2.45, 2.75) is 45.4 Å². The first-order chi connectivity index (χ1) is 17.8. The summed E-state index contributed by atoms with van der Waals surface area (Å²) in [7, 11) is -3.86. The van der Waals surface area contributed by atoms with E-state index in [-0.39, 0.29) is 38.1 Å². The third-order valence-corrected chi connectivity index (χ3v) is 7.09. The van der Waals surface area contributed by atoms with Crippen LogP contribution in [0.3, 0.4) is 0 Å². The molecule has 0 spiro atoms. The van der Waals surface area contributed by atoms with Crippen molar-refractivity contribution in [1.82, 2.24) is 19.1 Å². The molecule has 0 aliphatic rings. The van der Waals surface area contributed by atoms with Crippen molar-refractivity contribution in [2.24, 2.45) is 0 Å². The number of sulfonamides is 1. The molecular weight excluding hydrogens is 504 g/mol. The SMILES string of the molecule is C.CC(C)OC(=O)COc1cccc(CN(Cc2ccc(-n3cccn3)cc2)S(=O)(=O)c2cccnc2)c1. The van der Waals surface area contributed by atoms with Crippen LogP contribution in [0.1, 0.15) is 32.4 Å². The molecule has 0 saturated carbocycles. The zero-order valence-corrected chi connectivity index (χ0v) is 21.4. The average Bonchev–Trinajstić information content (AvgIpc) is 3.43. The van der Waals surface area contributed by atoms with Gasteiger partial charge in [0.1, 0.15) is 10.6 Å². The predicted molar refractivity (Wildman–Crippen MR) is 144 cm³/mol. The Balaban J connectivity index is 0.00000400. The Morgan fingerprint density at radius 3 is 2.39 bits per heavy atom. The smallest absolute Gasteiger partial charge is 0.344 e. The lowest BCUT2D eigenvalue weighted by atomic mass is 10.2. The minimum Gasteiger partial charge on any atom is -0.482 e. The minimum atomic E-state index is -3.86. The first-order valence-corrected chi connectivity index (χ1v) is 13.2. The molecule has 0 saturated heterocycles. The number of carbonyl (C=O) groups is 1. The molecule has 0 amide bonds. The van der Waals surface area contributed by atoms with E-state index in [4.69, 9.17) is 9.47 Å². The highest BCUT2D eigenvalue weighted by Crippen LogP contribution is 2.23. The van der Waals surface area contributed by atoms with Gasteiger partial charge in [0.05, 0.1) is 11.8 Å². The summed E-state index contributed by atoms with van der Waals surface area (Å²) in [6.45, 7) is 3.53. The van der Waals surface area contributed by atoms with Gasteiger partial charge in [-0.2, -0.15) is 9.40 Å². The van der Waals surface area contributed by atoms with E-state index in [2.05, 4.69) is 10.1 Å². The Labute approximate surface area is 223 Å². The molecule has 2 aromatic carbocycles. The van der Waals surface area contributed by atoms with Crippen molar-refractivity contribution in [1.29, 1.82) is 0 Å². The van der Waals surface area contributed by atoms with E-state index in [9.17, 15) is 13.2 Å². The number of ether oxygens (including phenoxy) is 2. The van der Waals surface area contributed by atoms with Gasteiger partial charge < -0.3 is 9.47 Å². The lowest BCUT2D eigenvalue weighted by Crippen LogP contribution is -2.30. The summed E-state index contributed by atoms with van der Waals surface area (Å²) in [5.74, 6) is -0.0275. The molecule has 2 aromatic heterocycles. The zero-order chi connectivity index (χ0) is 26.3. The molecule has 0 aliphatic heterocycles. The van der Waals surface area contributed by atoms with E-state index >= 15 is 0 Å². The third-order valence-electron chi connectivity index (χ3n) is 5.32. The van der Waals surface area contributed by atoms with E-state index in [0.717, 1.165) is 11.3 Å². The number of carbonyl (C=O) groups excluding carboxylic acids is 1. The van der Waals surface area contributed by atoms with E-state index in [1.165, 1.54) is 22.8 Å². The second-order valence-electron chi connectivity index (χ2n) is 8.55. The van der Waals surface area contributed by atoms with Crippen molar-refractivity contribution in [3.63, 3.8) is 0 Å². The molecule has 0 unspecified atom stereocenters. The number of aromatic nitrogens is 3. The molecule has 4 aromatic rings. The summed E-state index contributed by atoms with van der Waals surface area (Å²) >= 11 is 0. The van der Waals surface area contributed by atoms with Crippen LogP contribution < -0.4 is 4.74 Å². The maximum Gasteiger partial charge on any atom is 0.344 e. The van der Waals surface area contributed by atoms with Crippen LogP contribution in [0, 0.1) is 0 Å². The van der Waals surface area contributed by atoms with E-state index < -0.39 is 16.0 Å². The number of benzene rings is 2. The van der Waals surface area contributed by atoms with Gasteiger partial charge in [0.25, 0.3) is 0 Å². The van der Waals surface area contributed by atoms with Gasteiger partial charge in [-0.15, -0.1) is 0 Å². The first kappa shape index (κ1) is 28.5. The summed E-state index contributed by atoms with van der Waals surface area (Å²) in [6.07, 6.45) is 6.17. The number of hydrogen-bond acceptors (Lipinski definition) is 7. The fraction of sp³-hybridized carbons (Fsp3) is 0.250. The molecule has 0 atom stereocenters. The molecule has 0 N–H and O–H groups in total. The highest BCUT2D eigenvalue weighted by atomic mass is 32.2. The van der Waals surface area contributed by atoms with Crippen LogP contribution >= 0.6 is 0 Å². The number of nitrogens with zero attached hydrogens (tertiary/aromatic N) is 4. The number of pyridine rings is 1. The Kier molecular flexibility index (Phi) is 9.75. The summed E-state index contributed by atoms with van der Waals surface area (Å²) in [6, 6.07) is 19.5. The number of hydrogen-bond donors (Lipinski definition) is 0. The van der Waals surface area contributed by atoms with Crippen molar-refractivity contribution in [2.75, 3.05) is 6.61 Å². The average molecular weight is 537 g/mol. The fourth-order valence-electron chi connectivity index (χ4n) is 3.63. The molecule has 9 nitrogen and oxygen atoms in total. The first-order valence-electron chi connectivity index (χ1n) is 11.7. The standard InChI is InChI=1S/C27H28N4O5S.CH4/c1-21(2)36-27(32)20-35-25-7-3-6-23(16-25)19-30(37(33,34)26-8-4-13-28-17-26)18-22-9-11-24(12-10-22)31-15-5-14-29-31;/h3-17,21H,18-20H2,1-2H3;1H4. The zero-order valence-electron chi connectivity index (χ0n) is 20.6. The lowest BCUT2D eigenvalue weighted by molar-refractivity contribution is -0.149. The van der Waals surface area contributed by atoms with E-state index in [0.29, 0.717) is 11.3 Å². The van der Waals surface area contributed by atoms with Crippen LogP contribution in [0.25, 0.3) is 5.69 Å².